The van der Waals surface area contributed by atoms with E-state index in [9.17, 15) is 14.4 Å². The van der Waals surface area contributed by atoms with Crippen molar-refractivity contribution in [2.24, 2.45) is 0 Å². The van der Waals surface area contributed by atoms with Crippen LogP contribution in [-0.4, -0.2) is 17.8 Å². The standard InChI is InChI=1S/C22H13Cl2NO4/c23-15-7-9-18(24)19(11-15)25-20(26)16-8-6-14(10-17(16)21(25)27)22(28)29-12-13-4-2-1-3-5-13/h1-11H,12H2. The van der Waals surface area contributed by atoms with Gasteiger partial charge in [0.05, 0.1) is 27.4 Å². The molecule has 0 radical (unpaired) electrons. The Kier molecular flexibility index (Phi) is 5.09. The molecule has 2 amide bonds. The maximum absolute atomic E-state index is 12.9. The summed E-state index contributed by atoms with van der Waals surface area (Å²) in [6.07, 6.45) is 0. The number of carbonyl (C=O) groups excluding carboxylic acids is 3. The van der Waals surface area contributed by atoms with Gasteiger partial charge in [0.1, 0.15) is 6.61 Å². The molecule has 0 saturated carbocycles. The predicted molar refractivity (Wildman–Crippen MR) is 110 cm³/mol. The lowest BCUT2D eigenvalue weighted by Gasteiger charge is -2.15. The molecule has 0 fully saturated rings. The number of benzene rings is 3. The first-order valence-electron chi connectivity index (χ1n) is 8.64. The van der Waals surface area contributed by atoms with E-state index in [-0.39, 0.29) is 34.0 Å². The molecule has 0 unspecified atom stereocenters. The number of imide groups is 1. The van der Waals surface area contributed by atoms with Gasteiger partial charge in [-0.15, -0.1) is 0 Å². The molecule has 0 aliphatic carbocycles. The molecule has 7 heteroatoms. The first-order chi connectivity index (χ1) is 14.0. The van der Waals surface area contributed by atoms with Gasteiger partial charge in [-0.3, -0.25) is 9.59 Å². The van der Waals surface area contributed by atoms with E-state index < -0.39 is 17.8 Å². The lowest BCUT2D eigenvalue weighted by molar-refractivity contribution is 0.0472. The maximum Gasteiger partial charge on any atom is 0.338 e. The van der Waals surface area contributed by atoms with Crippen LogP contribution in [0, 0.1) is 0 Å². The fraction of sp³-hybridized carbons (Fsp3) is 0.0455. The van der Waals surface area contributed by atoms with Gasteiger partial charge in [-0.1, -0.05) is 53.5 Å². The number of anilines is 1. The van der Waals surface area contributed by atoms with Crippen LogP contribution in [0.4, 0.5) is 5.69 Å². The largest absolute Gasteiger partial charge is 0.457 e. The fourth-order valence-corrected chi connectivity index (χ4v) is 3.42. The van der Waals surface area contributed by atoms with Crippen molar-refractivity contribution in [1.82, 2.24) is 0 Å². The molecule has 1 aliphatic heterocycles. The number of ether oxygens (including phenoxy) is 1. The smallest absolute Gasteiger partial charge is 0.338 e. The fourth-order valence-electron chi connectivity index (χ4n) is 3.05. The van der Waals surface area contributed by atoms with Crippen LogP contribution in [-0.2, 0) is 11.3 Å². The Labute approximate surface area is 176 Å². The third kappa shape index (κ3) is 3.62. The van der Waals surface area contributed by atoms with Gasteiger partial charge in [0.2, 0.25) is 0 Å². The van der Waals surface area contributed by atoms with Crippen molar-refractivity contribution in [1.29, 1.82) is 0 Å². The molecule has 0 saturated heterocycles. The molecule has 29 heavy (non-hydrogen) atoms. The number of halogens is 2. The van der Waals surface area contributed by atoms with Crippen molar-refractivity contribution in [2.75, 3.05) is 4.90 Å². The van der Waals surface area contributed by atoms with Gasteiger partial charge >= 0.3 is 5.97 Å². The molecular weight excluding hydrogens is 413 g/mol. The zero-order valence-electron chi connectivity index (χ0n) is 14.9. The highest BCUT2D eigenvalue weighted by Crippen LogP contribution is 2.35. The molecule has 1 aliphatic rings. The zero-order chi connectivity index (χ0) is 20.5. The van der Waals surface area contributed by atoms with Gasteiger partial charge in [0.15, 0.2) is 0 Å². The summed E-state index contributed by atoms with van der Waals surface area (Å²) in [5.74, 6) is -1.69. The average molecular weight is 426 g/mol. The van der Waals surface area contributed by atoms with Gasteiger partial charge in [0.25, 0.3) is 11.8 Å². The summed E-state index contributed by atoms with van der Waals surface area (Å²) in [5, 5.41) is 0.553. The van der Waals surface area contributed by atoms with Gasteiger partial charge in [-0.05, 0) is 42.0 Å². The minimum absolute atomic E-state index is 0.105. The second kappa shape index (κ2) is 7.70. The lowest BCUT2D eigenvalue weighted by Crippen LogP contribution is -2.29. The number of hydrogen-bond donors (Lipinski definition) is 0. The van der Waals surface area contributed by atoms with Crippen molar-refractivity contribution in [3.63, 3.8) is 0 Å². The van der Waals surface area contributed by atoms with Crippen LogP contribution >= 0.6 is 23.2 Å². The molecular formula is C22H13Cl2NO4. The van der Waals surface area contributed by atoms with Crippen LogP contribution in [0.2, 0.25) is 10.0 Å². The van der Waals surface area contributed by atoms with E-state index in [0.29, 0.717) is 5.02 Å². The Morgan fingerprint density at radius 2 is 1.59 bits per heavy atom. The molecule has 1 heterocycles. The van der Waals surface area contributed by atoms with Crippen LogP contribution in [0.15, 0.2) is 66.7 Å². The van der Waals surface area contributed by atoms with Gasteiger partial charge in [-0.2, -0.15) is 0 Å². The topological polar surface area (TPSA) is 63.7 Å². The van der Waals surface area contributed by atoms with E-state index in [0.717, 1.165) is 10.5 Å². The van der Waals surface area contributed by atoms with Gasteiger partial charge in [-0.25, -0.2) is 9.69 Å². The normalized spacial score (nSPS) is 12.8. The van der Waals surface area contributed by atoms with Crippen LogP contribution in [0.3, 0.4) is 0 Å². The molecule has 0 atom stereocenters. The Hall–Kier alpha value is -3.15. The van der Waals surface area contributed by atoms with E-state index in [2.05, 4.69) is 0 Å². The third-order valence-corrected chi connectivity index (χ3v) is 5.04. The summed E-state index contributed by atoms with van der Waals surface area (Å²) in [4.78, 5) is 39.0. The van der Waals surface area contributed by atoms with Gasteiger partial charge in [0, 0.05) is 5.02 Å². The number of rotatable bonds is 4. The lowest BCUT2D eigenvalue weighted by atomic mass is 10.1. The first kappa shape index (κ1) is 19.2. The molecule has 5 nitrogen and oxygen atoms in total. The molecule has 0 spiro atoms. The minimum atomic E-state index is -0.587. The molecule has 4 rings (SSSR count). The van der Waals surface area contributed by atoms with Crippen molar-refractivity contribution in [3.05, 3.63) is 99.0 Å². The number of carbonyl (C=O) groups is 3. The van der Waals surface area contributed by atoms with Crippen LogP contribution in [0.1, 0.15) is 36.6 Å². The number of esters is 1. The van der Waals surface area contributed by atoms with Gasteiger partial charge < -0.3 is 4.74 Å². The van der Waals surface area contributed by atoms with E-state index in [1.54, 1.807) is 6.07 Å². The highest BCUT2D eigenvalue weighted by Gasteiger charge is 2.38. The molecule has 3 aromatic rings. The Morgan fingerprint density at radius 1 is 0.862 bits per heavy atom. The number of amides is 2. The summed E-state index contributed by atoms with van der Waals surface area (Å²) in [5.41, 5.74) is 1.51. The second-order valence-electron chi connectivity index (χ2n) is 6.36. The SMILES string of the molecule is O=C(OCc1ccccc1)c1ccc2c(c1)C(=O)N(c1cc(Cl)ccc1Cl)C2=O. The molecule has 0 aromatic heterocycles. The quantitative estimate of drug-likeness (QED) is 0.428. The average Bonchev–Trinajstić information content (AvgIpc) is 2.98. The summed E-state index contributed by atoms with van der Waals surface area (Å²) < 4.78 is 5.29. The third-order valence-electron chi connectivity index (χ3n) is 4.48. The highest BCUT2D eigenvalue weighted by molar-refractivity contribution is 6.41. The second-order valence-corrected chi connectivity index (χ2v) is 7.21. The highest BCUT2D eigenvalue weighted by atomic mass is 35.5. The number of nitrogens with zero attached hydrogens (tertiary/aromatic N) is 1. The summed E-state index contributed by atoms with van der Waals surface area (Å²) in [6.45, 7) is 0.105. The molecule has 0 N–H and O–H groups in total. The Bertz CT molecular complexity index is 1140. The number of fused-ring (bicyclic) bond motifs is 1. The molecule has 144 valence electrons. The van der Waals surface area contributed by atoms with Crippen molar-refractivity contribution >= 4 is 46.7 Å². The number of hydrogen-bond acceptors (Lipinski definition) is 4. The van der Waals surface area contributed by atoms with E-state index in [1.165, 1.54) is 30.3 Å². The van der Waals surface area contributed by atoms with E-state index in [1.807, 2.05) is 30.3 Å². The molecule has 3 aromatic carbocycles. The van der Waals surface area contributed by atoms with Crippen molar-refractivity contribution in [2.45, 2.75) is 6.61 Å². The van der Waals surface area contributed by atoms with E-state index in [4.69, 9.17) is 27.9 Å². The van der Waals surface area contributed by atoms with Crippen LogP contribution in [0.25, 0.3) is 0 Å². The Balaban J connectivity index is 1.60. The maximum atomic E-state index is 12.9. The predicted octanol–water partition coefficient (Wildman–Crippen LogP) is 5.15. The zero-order valence-corrected chi connectivity index (χ0v) is 16.4. The van der Waals surface area contributed by atoms with Crippen molar-refractivity contribution < 1.29 is 19.1 Å². The minimum Gasteiger partial charge on any atom is -0.457 e. The Morgan fingerprint density at radius 3 is 2.34 bits per heavy atom. The van der Waals surface area contributed by atoms with Crippen LogP contribution < -0.4 is 4.90 Å². The monoisotopic (exact) mass is 425 g/mol. The molecule has 0 bridgehead atoms. The van der Waals surface area contributed by atoms with E-state index >= 15 is 0 Å². The summed E-state index contributed by atoms with van der Waals surface area (Å²) >= 11 is 12.1. The van der Waals surface area contributed by atoms with Crippen molar-refractivity contribution in [3.8, 4) is 0 Å². The summed E-state index contributed by atoms with van der Waals surface area (Å²) in [6, 6.07) is 18.0. The summed E-state index contributed by atoms with van der Waals surface area (Å²) in [7, 11) is 0. The van der Waals surface area contributed by atoms with Crippen LogP contribution in [0.5, 0.6) is 0 Å². The first-order valence-corrected chi connectivity index (χ1v) is 9.40.